The van der Waals surface area contributed by atoms with Crippen molar-refractivity contribution >= 4 is 12.0 Å². The number of piperidine rings is 1. The van der Waals surface area contributed by atoms with Crippen molar-refractivity contribution in [3.63, 3.8) is 0 Å². The van der Waals surface area contributed by atoms with Gasteiger partial charge in [0.25, 0.3) is 0 Å². The van der Waals surface area contributed by atoms with Gasteiger partial charge < -0.3 is 15.0 Å². The summed E-state index contributed by atoms with van der Waals surface area (Å²) >= 11 is 0. The molecular weight excluding hydrogens is 280 g/mol. The van der Waals surface area contributed by atoms with Crippen molar-refractivity contribution in [3.8, 4) is 0 Å². The topological polar surface area (TPSA) is 58.6 Å². The van der Waals surface area contributed by atoms with Gasteiger partial charge in [0.05, 0.1) is 6.04 Å². The number of nitrogens with one attached hydrogen (secondary N) is 1. The van der Waals surface area contributed by atoms with Gasteiger partial charge in [-0.1, -0.05) is 27.7 Å². The second-order valence-electron chi connectivity index (χ2n) is 9.13. The molecule has 0 aromatic carbocycles. The zero-order chi connectivity index (χ0) is 16.9. The van der Waals surface area contributed by atoms with Crippen molar-refractivity contribution in [2.75, 3.05) is 6.54 Å². The zero-order valence-corrected chi connectivity index (χ0v) is 14.9. The van der Waals surface area contributed by atoms with Crippen molar-refractivity contribution in [1.82, 2.24) is 10.2 Å². The minimum Gasteiger partial charge on any atom is -0.444 e. The third-order valence-electron chi connectivity index (χ3n) is 4.90. The van der Waals surface area contributed by atoms with Gasteiger partial charge >= 0.3 is 6.09 Å². The lowest BCUT2D eigenvalue weighted by Gasteiger charge is -2.44. The molecule has 0 bridgehead atoms. The van der Waals surface area contributed by atoms with Crippen LogP contribution in [-0.4, -0.2) is 41.1 Å². The minimum atomic E-state index is -0.516. The van der Waals surface area contributed by atoms with Crippen molar-refractivity contribution in [2.24, 2.45) is 10.8 Å². The van der Waals surface area contributed by atoms with E-state index in [1.165, 1.54) is 0 Å². The van der Waals surface area contributed by atoms with Gasteiger partial charge in [0.2, 0.25) is 5.91 Å². The summed E-state index contributed by atoms with van der Waals surface area (Å²) in [4.78, 5) is 26.5. The molecule has 0 spiro atoms. The van der Waals surface area contributed by atoms with Crippen LogP contribution in [0.5, 0.6) is 0 Å². The Hall–Kier alpha value is -1.26. The largest absolute Gasteiger partial charge is 0.444 e. The average Bonchev–Trinajstić information content (AvgIpc) is 2.49. The Morgan fingerprint density at radius 1 is 1.27 bits per heavy atom. The van der Waals surface area contributed by atoms with Crippen molar-refractivity contribution in [3.05, 3.63) is 0 Å². The van der Waals surface area contributed by atoms with E-state index in [0.29, 0.717) is 13.0 Å². The third kappa shape index (κ3) is 3.39. The predicted octanol–water partition coefficient (Wildman–Crippen LogP) is 2.94. The molecule has 1 unspecified atom stereocenters. The van der Waals surface area contributed by atoms with Crippen molar-refractivity contribution < 1.29 is 14.3 Å². The maximum absolute atomic E-state index is 12.4. The molecule has 0 radical (unpaired) electrons. The summed E-state index contributed by atoms with van der Waals surface area (Å²) in [5.74, 6) is 0.197. The number of amides is 2. The SMILES string of the molecule is CC1(C)CC(=O)N2C[C@H](NC(=O)OC(C)(C)C)C(C)(C)C2C1. The van der Waals surface area contributed by atoms with Gasteiger partial charge in [0, 0.05) is 24.4 Å². The first kappa shape index (κ1) is 17.1. The maximum atomic E-state index is 12.4. The number of nitrogens with zero attached hydrogens (tertiary/aromatic N) is 1. The van der Waals surface area contributed by atoms with Crippen LogP contribution < -0.4 is 5.32 Å². The lowest BCUT2D eigenvalue weighted by atomic mass is 9.70. The van der Waals surface area contributed by atoms with Crippen molar-refractivity contribution in [1.29, 1.82) is 0 Å². The molecular formula is C17H30N2O3. The van der Waals surface area contributed by atoms with Crippen LogP contribution in [0.25, 0.3) is 0 Å². The van der Waals surface area contributed by atoms with Crippen LogP contribution in [0.3, 0.4) is 0 Å². The van der Waals surface area contributed by atoms with E-state index in [2.05, 4.69) is 33.0 Å². The fourth-order valence-electron chi connectivity index (χ4n) is 3.63. The van der Waals surface area contributed by atoms with Gasteiger partial charge in [-0.3, -0.25) is 4.79 Å². The summed E-state index contributed by atoms with van der Waals surface area (Å²) in [7, 11) is 0. The van der Waals surface area contributed by atoms with Crippen LogP contribution in [0.2, 0.25) is 0 Å². The summed E-state index contributed by atoms with van der Waals surface area (Å²) in [5.41, 5.74) is -0.654. The minimum absolute atomic E-state index is 0.0241. The molecule has 0 saturated carbocycles. The van der Waals surface area contributed by atoms with Gasteiger partial charge in [-0.05, 0) is 32.6 Å². The number of hydrogen-bond donors (Lipinski definition) is 1. The Balaban J connectivity index is 2.12. The second kappa shape index (κ2) is 5.14. The van der Waals surface area contributed by atoms with Crippen LogP contribution >= 0.6 is 0 Å². The molecule has 0 aromatic rings. The highest BCUT2D eigenvalue weighted by atomic mass is 16.6. The first-order valence-electron chi connectivity index (χ1n) is 8.11. The van der Waals surface area contributed by atoms with Crippen molar-refractivity contribution in [2.45, 2.75) is 79.0 Å². The Morgan fingerprint density at radius 2 is 1.86 bits per heavy atom. The molecule has 1 N–H and O–H groups in total. The lowest BCUT2D eigenvalue weighted by Crippen LogP contribution is -2.50. The number of carbonyl (C=O) groups is 2. The van der Waals surface area contributed by atoms with Crippen LogP contribution in [-0.2, 0) is 9.53 Å². The van der Waals surface area contributed by atoms with Gasteiger partial charge in [-0.15, -0.1) is 0 Å². The van der Waals surface area contributed by atoms with Gasteiger partial charge in [-0.2, -0.15) is 0 Å². The smallest absolute Gasteiger partial charge is 0.407 e. The van der Waals surface area contributed by atoms with E-state index in [1.54, 1.807) is 0 Å². The standard InChI is InChI=1S/C17H30N2O3/c1-15(2,3)22-14(21)18-11-10-19-12(17(11,6)7)8-16(4,5)9-13(19)20/h11-12H,8-10H2,1-7H3,(H,18,21)/t11-,12?/m0/s1. The second-order valence-corrected chi connectivity index (χ2v) is 9.13. The molecule has 22 heavy (non-hydrogen) atoms. The molecule has 0 aromatic heterocycles. The Morgan fingerprint density at radius 3 is 2.41 bits per heavy atom. The molecule has 5 heteroatoms. The maximum Gasteiger partial charge on any atom is 0.407 e. The molecule has 2 rings (SSSR count). The van der Waals surface area contributed by atoms with Gasteiger partial charge in [0.15, 0.2) is 0 Å². The number of hydrogen-bond acceptors (Lipinski definition) is 3. The fraction of sp³-hybridized carbons (Fsp3) is 0.882. The van der Waals surface area contributed by atoms with E-state index in [1.807, 2.05) is 25.7 Å². The molecule has 2 aliphatic heterocycles. The zero-order valence-electron chi connectivity index (χ0n) is 14.9. The molecule has 2 amide bonds. The molecule has 126 valence electrons. The fourth-order valence-corrected chi connectivity index (χ4v) is 3.63. The summed E-state index contributed by atoms with van der Waals surface area (Å²) in [6.07, 6.45) is 1.15. The van der Waals surface area contributed by atoms with E-state index < -0.39 is 11.7 Å². The Bertz CT molecular complexity index is 477. The van der Waals surface area contributed by atoms with E-state index in [-0.39, 0.29) is 28.8 Å². The number of rotatable bonds is 1. The molecule has 2 heterocycles. The molecule has 0 aliphatic carbocycles. The molecule has 2 fully saturated rings. The molecule has 2 atom stereocenters. The number of ether oxygens (including phenoxy) is 1. The third-order valence-corrected chi connectivity index (χ3v) is 4.90. The van der Waals surface area contributed by atoms with Crippen LogP contribution in [0.15, 0.2) is 0 Å². The van der Waals surface area contributed by atoms with Crippen LogP contribution in [0.4, 0.5) is 4.79 Å². The summed E-state index contributed by atoms with van der Waals surface area (Å²) in [5, 5.41) is 2.97. The highest BCUT2D eigenvalue weighted by Crippen LogP contribution is 2.47. The molecule has 2 aliphatic rings. The van der Waals surface area contributed by atoms with E-state index in [4.69, 9.17) is 4.74 Å². The predicted molar refractivity (Wildman–Crippen MR) is 85.5 cm³/mol. The van der Waals surface area contributed by atoms with E-state index in [9.17, 15) is 9.59 Å². The normalized spacial score (nSPS) is 30.0. The first-order chi connectivity index (χ1) is 9.82. The Kier molecular flexibility index (Phi) is 3.99. The van der Waals surface area contributed by atoms with Gasteiger partial charge in [0.1, 0.15) is 5.60 Å². The van der Waals surface area contributed by atoms with Crippen LogP contribution in [0.1, 0.15) is 61.3 Å². The number of alkyl carbamates (subject to hydrolysis) is 1. The highest BCUT2D eigenvalue weighted by molar-refractivity contribution is 5.79. The molecule has 5 nitrogen and oxygen atoms in total. The lowest BCUT2D eigenvalue weighted by molar-refractivity contribution is -0.140. The number of carbonyl (C=O) groups excluding carboxylic acids is 2. The van der Waals surface area contributed by atoms with Crippen LogP contribution in [0, 0.1) is 10.8 Å². The summed E-state index contributed by atoms with van der Waals surface area (Å²) in [6.45, 7) is 14.7. The Labute approximate surface area is 133 Å². The summed E-state index contributed by atoms with van der Waals surface area (Å²) < 4.78 is 5.36. The monoisotopic (exact) mass is 310 g/mol. The number of fused-ring (bicyclic) bond motifs is 1. The van der Waals surface area contributed by atoms with E-state index >= 15 is 0 Å². The van der Waals surface area contributed by atoms with E-state index in [0.717, 1.165) is 6.42 Å². The highest BCUT2D eigenvalue weighted by Gasteiger charge is 2.54. The quantitative estimate of drug-likeness (QED) is 0.810. The average molecular weight is 310 g/mol. The summed E-state index contributed by atoms with van der Waals surface area (Å²) in [6, 6.07) is 0.0916. The first-order valence-corrected chi connectivity index (χ1v) is 8.11. The molecule has 2 saturated heterocycles. The van der Waals surface area contributed by atoms with Gasteiger partial charge in [-0.25, -0.2) is 4.79 Å².